The second kappa shape index (κ2) is 8.81. The van der Waals surface area contributed by atoms with Gasteiger partial charge in [-0.1, -0.05) is 15.9 Å². The van der Waals surface area contributed by atoms with Crippen LogP contribution in [0.4, 0.5) is 5.88 Å². The van der Waals surface area contributed by atoms with Gasteiger partial charge in [0, 0.05) is 23.1 Å². The van der Waals surface area contributed by atoms with E-state index in [-0.39, 0.29) is 9.92 Å². The van der Waals surface area contributed by atoms with Crippen LogP contribution in [0.25, 0.3) is 11.5 Å². The Morgan fingerprint density at radius 3 is 2.33 bits per heavy atom. The zero-order valence-corrected chi connectivity index (χ0v) is 19.1. The average Bonchev–Trinajstić information content (AvgIpc) is 3.22. The zero-order chi connectivity index (χ0) is 21.1. The lowest BCUT2D eigenvalue weighted by atomic mass is 10.1. The number of ether oxygens (including phenoxy) is 1. The minimum atomic E-state index is -3.86. The highest BCUT2D eigenvalue weighted by Gasteiger charge is 2.32. The molecule has 0 unspecified atom stereocenters. The van der Waals surface area contributed by atoms with Crippen LogP contribution in [-0.4, -0.2) is 33.1 Å². The molecule has 1 fully saturated rings. The molecule has 0 spiro atoms. The highest BCUT2D eigenvalue weighted by molar-refractivity contribution is 9.10. The number of piperidine rings is 1. The van der Waals surface area contributed by atoms with Crippen molar-refractivity contribution in [3.63, 3.8) is 0 Å². The largest absolute Gasteiger partial charge is 0.494 e. The van der Waals surface area contributed by atoms with Gasteiger partial charge in [0.15, 0.2) is 0 Å². The second-order valence-corrected chi connectivity index (χ2v) is 9.87. The van der Waals surface area contributed by atoms with Crippen LogP contribution < -0.4 is 9.64 Å². The Morgan fingerprint density at radius 1 is 1.03 bits per heavy atom. The Bertz CT molecular complexity index is 1100. The number of oxazole rings is 1. The number of aromatic nitrogens is 1. The minimum Gasteiger partial charge on any atom is -0.494 e. The van der Waals surface area contributed by atoms with Gasteiger partial charge >= 0.3 is 0 Å². The fraction of sp³-hybridized carbons (Fsp3) is 0.318. The fourth-order valence-electron chi connectivity index (χ4n) is 3.48. The summed E-state index contributed by atoms with van der Waals surface area (Å²) < 4.78 is 39.3. The van der Waals surface area contributed by atoms with Crippen molar-refractivity contribution >= 4 is 31.7 Å². The lowest BCUT2D eigenvalue weighted by Gasteiger charge is -2.26. The summed E-state index contributed by atoms with van der Waals surface area (Å²) in [5, 5.41) is -0.0357. The minimum absolute atomic E-state index is 0.0357. The van der Waals surface area contributed by atoms with E-state index in [9.17, 15) is 8.42 Å². The standard InChI is InChI=1S/C22H23BrN2O4S/c1-2-28-18-10-12-19(13-11-18)30(26,27)21-22(25-14-4-3-5-15-25)29-20(24-21)16-6-8-17(23)9-7-16/h6-13H,2-5,14-15H2,1H3. The molecule has 30 heavy (non-hydrogen) atoms. The molecule has 1 saturated heterocycles. The van der Waals surface area contributed by atoms with Crippen LogP contribution in [0.5, 0.6) is 5.75 Å². The third kappa shape index (κ3) is 4.25. The van der Waals surface area contributed by atoms with Gasteiger partial charge in [-0.05, 0) is 74.7 Å². The maximum atomic E-state index is 13.5. The van der Waals surface area contributed by atoms with Crippen molar-refractivity contribution in [2.24, 2.45) is 0 Å². The third-order valence-electron chi connectivity index (χ3n) is 5.01. The summed E-state index contributed by atoms with van der Waals surface area (Å²) in [6.45, 7) is 3.90. The fourth-order valence-corrected chi connectivity index (χ4v) is 5.06. The van der Waals surface area contributed by atoms with Crippen LogP contribution >= 0.6 is 15.9 Å². The molecule has 0 amide bonds. The number of anilines is 1. The Kier molecular flexibility index (Phi) is 6.15. The van der Waals surface area contributed by atoms with Crippen molar-refractivity contribution in [2.45, 2.75) is 36.1 Å². The monoisotopic (exact) mass is 490 g/mol. The predicted octanol–water partition coefficient (Wildman–Crippen LogP) is 5.33. The maximum Gasteiger partial charge on any atom is 0.236 e. The highest BCUT2D eigenvalue weighted by atomic mass is 79.9. The molecule has 1 aromatic heterocycles. The third-order valence-corrected chi connectivity index (χ3v) is 7.21. The van der Waals surface area contributed by atoms with E-state index in [1.807, 2.05) is 36.1 Å². The van der Waals surface area contributed by atoms with Gasteiger partial charge in [-0.2, -0.15) is 4.98 Å². The van der Waals surface area contributed by atoms with E-state index in [0.29, 0.717) is 24.1 Å². The van der Waals surface area contributed by atoms with Gasteiger partial charge in [0.1, 0.15) is 5.75 Å². The van der Waals surface area contributed by atoms with Crippen LogP contribution in [0.3, 0.4) is 0 Å². The number of rotatable bonds is 6. The number of hydrogen-bond donors (Lipinski definition) is 0. The molecule has 3 aromatic rings. The first-order valence-electron chi connectivity index (χ1n) is 9.98. The van der Waals surface area contributed by atoms with Crippen molar-refractivity contribution in [2.75, 3.05) is 24.6 Å². The SMILES string of the molecule is CCOc1ccc(S(=O)(=O)c2nc(-c3ccc(Br)cc3)oc2N2CCCCC2)cc1. The van der Waals surface area contributed by atoms with Gasteiger partial charge in [-0.15, -0.1) is 0 Å². The molecule has 8 heteroatoms. The Labute approximate surface area is 184 Å². The summed E-state index contributed by atoms with van der Waals surface area (Å²) in [4.78, 5) is 6.60. The first-order chi connectivity index (χ1) is 14.5. The quantitative estimate of drug-likeness (QED) is 0.465. The lowest BCUT2D eigenvalue weighted by Crippen LogP contribution is -2.30. The van der Waals surface area contributed by atoms with Crippen LogP contribution in [0.2, 0.25) is 0 Å². The summed E-state index contributed by atoms with van der Waals surface area (Å²) in [5.74, 6) is 1.25. The van der Waals surface area contributed by atoms with E-state index in [2.05, 4.69) is 20.9 Å². The van der Waals surface area contributed by atoms with Crippen molar-refractivity contribution in [1.29, 1.82) is 0 Å². The Morgan fingerprint density at radius 2 is 1.70 bits per heavy atom. The van der Waals surface area contributed by atoms with E-state index in [1.165, 1.54) is 0 Å². The van der Waals surface area contributed by atoms with Gasteiger partial charge < -0.3 is 14.1 Å². The van der Waals surface area contributed by atoms with Gasteiger partial charge in [-0.3, -0.25) is 0 Å². The van der Waals surface area contributed by atoms with Crippen LogP contribution in [0, 0.1) is 0 Å². The molecule has 4 rings (SSSR count). The molecular formula is C22H23BrN2O4S. The number of benzene rings is 2. The molecular weight excluding hydrogens is 468 g/mol. The van der Waals surface area contributed by atoms with Crippen molar-refractivity contribution < 1.29 is 17.6 Å². The van der Waals surface area contributed by atoms with Gasteiger partial charge in [0.25, 0.3) is 0 Å². The molecule has 0 saturated carbocycles. The van der Waals surface area contributed by atoms with Gasteiger partial charge in [0.2, 0.25) is 26.6 Å². The topological polar surface area (TPSA) is 72.6 Å². The van der Waals surface area contributed by atoms with E-state index in [1.54, 1.807) is 24.3 Å². The van der Waals surface area contributed by atoms with Crippen molar-refractivity contribution in [3.8, 4) is 17.2 Å². The Balaban J connectivity index is 1.78. The summed E-state index contributed by atoms with van der Waals surface area (Å²) in [6, 6.07) is 13.9. The normalized spacial score (nSPS) is 14.7. The maximum absolute atomic E-state index is 13.5. The first kappa shape index (κ1) is 20.9. The molecule has 0 atom stereocenters. The molecule has 0 aliphatic carbocycles. The van der Waals surface area contributed by atoms with E-state index in [4.69, 9.17) is 9.15 Å². The predicted molar refractivity (Wildman–Crippen MR) is 119 cm³/mol. The van der Waals surface area contributed by atoms with Gasteiger partial charge in [-0.25, -0.2) is 8.42 Å². The van der Waals surface area contributed by atoms with Crippen LogP contribution in [-0.2, 0) is 9.84 Å². The zero-order valence-electron chi connectivity index (χ0n) is 16.7. The summed E-state index contributed by atoms with van der Waals surface area (Å²) >= 11 is 3.41. The average molecular weight is 491 g/mol. The number of halogens is 1. The van der Waals surface area contributed by atoms with Gasteiger partial charge in [0.05, 0.1) is 11.5 Å². The second-order valence-electron chi connectivity index (χ2n) is 7.09. The lowest BCUT2D eigenvalue weighted by molar-refractivity contribution is 0.340. The highest BCUT2D eigenvalue weighted by Crippen LogP contribution is 2.36. The summed E-state index contributed by atoms with van der Waals surface area (Å²) in [5.41, 5.74) is 0.726. The molecule has 1 aliphatic heterocycles. The number of nitrogens with zero attached hydrogens (tertiary/aromatic N) is 2. The molecule has 0 radical (unpaired) electrons. The Hall–Kier alpha value is -2.32. The molecule has 0 N–H and O–H groups in total. The summed E-state index contributed by atoms with van der Waals surface area (Å²) in [6.07, 6.45) is 3.12. The molecule has 6 nitrogen and oxygen atoms in total. The molecule has 2 aromatic carbocycles. The summed E-state index contributed by atoms with van der Waals surface area (Å²) in [7, 11) is -3.86. The van der Waals surface area contributed by atoms with Crippen LogP contribution in [0.15, 0.2) is 67.3 Å². The van der Waals surface area contributed by atoms with Crippen molar-refractivity contribution in [3.05, 3.63) is 53.0 Å². The number of sulfone groups is 1. The number of hydrogen-bond acceptors (Lipinski definition) is 6. The first-order valence-corrected chi connectivity index (χ1v) is 12.3. The van der Waals surface area contributed by atoms with E-state index in [0.717, 1.165) is 42.4 Å². The molecule has 158 valence electrons. The van der Waals surface area contributed by atoms with E-state index < -0.39 is 9.84 Å². The molecule has 2 heterocycles. The van der Waals surface area contributed by atoms with Crippen molar-refractivity contribution in [1.82, 2.24) is 4.98 Å². The molecule has 1 aliphatic rings. The smallest absolute Gasteiger partial charge is 0.236 e. The van der Waals surface area contributed by atoms with Crippen LogP contribution in [0.1, 0.15) is 26.2 Å². The van der Waals surface area contributed by atoms with E-state index >= 15 is 0 Å². The molecule has 0 bridgehead atoms.